The topological polar surface area (TPSA) is 62.7 Å². The van der Waals surface area contributed by atoms with E-state index >= 15 is 0 Å². The lowest BCUT2D eigenvalue weighted by atomic mass is 9.94. The third-order valence-electron chi connectivity index (χ3n) is 4.75. The van der Waals surface area contributed by atoms with Gasteiger partial charge in [0.2, 0.25) is 0 Å². The number of amides is 2. The summed E-state index contributed by atoms with van der Waals surface area (Å²) >= 11 is 0. The van der Waals surface area contributed by atoms with E-state index in [1.54, 1.807) is 16.0 Å². The molecule has 1 unspecified atom stereocenters. The van der Waals surface area contributed by atoms with Crippen molar-refractivity contribution < 1.29 is 14.3 Å². The molecule has 0 aromatic carbocycles. The van der Waals surface area contributed by atoms with Crippen LogP contribution in [-0.4, -0.2) is 65.5 Å². The number of rotatable bonds is 1. The molecule has 0 N–H and O–H groups in total. The lowest BCUT2D eigenvalue weighted by molar-refractivity contribution is -0.166. The maximum Gasteiger partial charge on any atom is 0.272 e. The Hall–Kier alpha value is -1.95. The Morgan fingerprint density at radius 1 is 1.35 bits per heavy atom. The van der Waals surface area contributed by atoms with Crippen LogP contribution in [0, 0.1) is 6.92 Å². The molecule has 0 radical (unpaired) electrons. The van der Waals surface area contributed by atoms with E-state index in [0.717, 1.165) is 24.9 Å². The minimum atomic E-state index is -0.887. The number of aromatic nitrogens is 1. The van der Waals surface area contributed by atoms with Gasteiger partial charge in [0.25, 0.3) is 11.8 Å². The Bertz CT molecular complexity index is 619. The first-order valence-electron chi connectivity index (χ1n) is 8.14. The highest BCUT2D eigenvalue weighted by Gasteiger charge is 2.47. The molecule has 6 nitrogen and oxygen atoms in total. The predicted molar refractivity (Wildman–Crippen MR) is 85.0 cm³/mol. The highest BCUT2D eigenvalue weighted by atomic mass is 16.5. The van der Waals surface area contributed by atoms with Gasteiger partial charge < -0.3 is 14.5 Å². The van der Waals surface area contributed by atoms with Crippen molar-refractivity contribution >= 4 is 11.8 Å². The summed E-state index contributed by atoms with van der Waals surface area (Å²) in [6.45, 7) is 3.81. The number of morpholine rings is 1. The van der Waals surface area contributed by atoms with Gasteiger partial charge in [-0.15, -0.1) is 0 Å². The van der Waals surface area contributed by atoms with Crippen LogP contribution < -0.4 is 0 Å². The van der Waals surface area contributed by atoms with Gasteiger partial charge in [-0.1, -0.05) is 6.07 Å². The number of hydrogen-bond acceptors (Lipinski definition) is 4. The molecule has 0 saturated carbocycles. The van der Waals surface area contributed by atoms with Crippen LogP contribution in [0.2, 0.25) is 0 Å². The number of likely N-dealkylation sites (N-methyl/N-ethyl adjacent to an activating group) is 1. The number of ether oxygens (including phenoxy) is 1. The van der Waals surface area contributed by atoms with Crippen molar-refractivity contribution in [2.24, 2.45) is 0 Å². The minimum absolute atomic E-state index is 0.00903. The van der Waals surface area contributed by atoms with Crippen molar-refractivity contribution in [2.75, 3.05) is 33.3 Å². The molecule has 23 heavy (non-hydrogen) atoms. The van der Waals surface area contributed by atoms with Gasteiger partial charge in [-0.05, 0) is 37.8 Å². The van der Waals surface area contributed by atoms with E-state index < -0.39 is 5.60 Å². The van der Waals surface area contributed by atoms with E-state index in [4.69, 9.17) is 4.74 Å². The first kappa shape index (κ1) is 15.9. The SMILES string of the molecule is Cc1cccnc1C(=O)N1CCOC2(CCCCN(C)C2=O)C1. The van der Waals surface area contributed by atoms with Gasteiger partial charge in [-0.2, -0.15) is 0 Å². The second-order valence-corrected chi connectivity index (χ2v) is 6.42. The maximum absolute atomic E-state index is 12.8. The number of aryl methyl sites for hydroxylation is 1. The van der Waals surface area contributed by atoms with Crippen LogP contribution in [0.4, 0.5) is 0 Å². The Balaban J connectivity index is 1.84. The van der Waals surface area contributed by atoms with Crippen molar-refractivity contribution in [1.29, 1.82) is 0 Å². The monoisotopic (exact) mass is 317 g/mol. The highest BCUT2D eigenvalue weighted by Crippen LogP contribution is 2.30. The van der Waals surface area contributed by atoms with E-state index in [9.17, 15) is 9.59 Å². The fourth-order valence-electron chi connectivity index (χ4n) is 3.41. The lowest BCUT2D eigenvalue weighted by Crippen LogP contribution is -2.60. The van der Waals surface area contributed by atoms with Gasteiger partial charge in [-0.25, -0.2) is 0 Å². The summed E-state index contributed by atoms with van der Waals surface area (Å²) in [4.78, 5) is 33.2. The number of carbonyl (C=O) groups is 2. The van der Waals surface area contributed by atoms with Gasteiger partial charge in [0.05, 0.1) is 13.2 Å². The molecule has 1 spiro atoms. The summed E-state index contributed by atoms with van der Waals surface area (Å²) in [7, 11) is 1.81. The standard InChI is InChI=1S/C17H23N3O3/c1-13-6-5-8-18-14(13)15(21)20-10-11-23-17(12-20)7-3-4-9-19(2)16(17)22/h5-6,8H,3-4,7,9-12H2,1-2H3. The molecule has 0 bridgehead atoms. The fraction of sp³-hybridized carbons (Fsp3) is 0.588. The molecule has 1 aromatic rings. The molecule has 2 amide bonds. The number of likely N-dealkylation sites (tertiary alicyclic amines) is 1. The van der Waals surface area contributed by atoms with E-state index in [-0.39, 0.29) is 11.8 Å². The molecular formula is C17H23N3O3. The number of nitrogens with zero attached hydrogens (tertiary/aromatic N) is 3. The van der Waals surface area contributed by atoms with Crippen LogP contribution in [0.1, 0.15) is 35.3 Å². The number of hydrogen-bond donors (Lipinski definition) is 0. The summed E-state index contributed by atoms with van der Waals surface area (Å²) in [5.41, 5.74) is 0.420. The molecule has 0 aliphatic carbocycles. The quantitative estimate of drug-likeness (QED) is 0.782. The lowest BCUT2D eigenvalue weighted by Gasteiger charge is -2.42. The zero-order chi connectivity index (χ0) is 16.4. The van der Waals surface area contributed by atoms with Crippen molar-refractivity contribution in [2.45, 2.75) is 31.8 Å². The zero-order valence-corrected chi connectivity index (χ0v) is 13.7. The second kappa shape index (κ2) is 6.28. The summed E-state index contributed by atoms with van der Waals surface area (Å²) in [5.74, 6) is -0.129. The molecule has 1 atom stereocenters. The smallest absolute Gasteiger partial charge is 0.272 e. The zero-order valence-electron chi connectivity index (χ0n) is 13.7. The molecule has 2 aliphatic heterocycles. The first-order chi connectivity index (χ1) is 11.0. The average Bonchev–Trinajstić information content (AvgIpc) is 2.69. The summed E-state index contributed by atoms with van der Waals surface area (Å²) in [6.07, 6.45) is 4.20. The Morgan fingerprint density at radius 3 is 2.96 bits per heavy atom. The molecule has 3 heterocycles. The highest BCUT2D eigenvalue weighted by molar-refractivity contribution is 5.95. The van der Waals surface area contributed by atoms with E-state index in [1.807, 2.05) is 26.1 Å². The Kier molecular flexibility index (Phi) is 4.35. The summed E-state index contributed by atoms with van der Waals surface area (Å²) < 4.78 is 5.91. The van der Waals surface area contributed by atoms with Gasteiger partial charge in [0, 0.05) is 26.3 Å². The first-order valence-corrected chi connectivity index (χ1v) is 8.14. The van der Waals surface area contributed by atoms with E-state index in [0.29, 0.717) is 31.8 Å². The van der Waals surface area contributed by atoms with Gasteiger partial charge >= 0.3 is 0 Å². The van der Waals surface area contributed by atoms with Crippen molar-refractivity contribution in [3.05, 3.63) is 29.6 Å². The molecule has 2 aliphatic rings. The fourth-order valence-corrected chi connectivity index (χ4v) is 3.41. The summed E-state index contributed by atoms with van der Waals surface area (Å²) in [5, 5.41) is 0. The van der Waals surface area contributed by atoms with Crippen molar-refractivity contribution in [1.82, 2.24) is 14.8 Å². The summed E-state index contributed by atoms with van der Waals surface area (Å²) in [6, 6.07) is 3.69. The van der Waals surface area contributed by atoms with Gasteiger partial charge in [-0.3, -0.25) is 14.6 Å². The predicted octanol–water partition coefficient (Wildman–Crippen LogP) is 1.24. The molecule has 124 valence electrons. The number of pyridine rings is 1. The van der Waals surface area contributed by atoms with Crippen LogP contribution in [-0.2, 0) is 9.53 Å². The van der Waals surface area contributed by atoms with Gasteiger partial charge in [0.1, 0.15) is 5.69 Å². The molecule has 6 heteroatoms. The van der Waals surface area contributed by atoms with E-state index in [1.165, 1.54) is 0 Å². The normalized spacial score (nSPS) is 25.6. The Morgan fingerprint density at radius 2 is 2.17 bits per heavy atom. The van der Waals surface area contributed by atoms with Crippen LogP contribution in [0.3, 0.4) is 0 Å². The van der Waals surface area contributed by atoms with Crippen molar-refractivity contribution in [3.63, 3.8) is 0 Å². The third-order valence-corrected chi connectivity index (χ3v) is 4.75. The Labute approximate surface area is 136 Å². The van der Waals surface area contributed by atoms with Gasteiger partial charge in [0.15, 0.2) is 5.60 Å². The molecule has 2 saturated heterocycles. The third kappa shape index (κ3) is 2.95. The van der Waals surface area contributed by atoms with Crippen molar-refractivity contribution in [3.8, 4) is 0 Å². The minimum Gasteiger partial charge on any atom is -0.361 e. The second-order valence-electron chi connectivity index (χ2n) is 6.42. The van der Waals surface area contributed by atoms with Crippen LogP contribution >= 0.6 is 0 Å². The number of carbonyl (C=O) groups excluding carboxylic acids is 2. The molecular weight excluding hydrogens is 294 g/mol. The van der Waals surface area contributed by atoms with Crippen LogP contribution in [0.25, 0.3) is 0 Å². The largest absolute Gasteiger partial charge is 0.361 e. The maximum atomic E-state index is 12.8. The average molecular weight is 317 g/mol. The molecule has 1 aromatic heterocycles. The molecule has 3 rings (SSSR count). The van der Waals surface area contributed by atoms with Crippen LogP contribution in [0.15, 0.2) is 18.3 Å². The molecule has 2 fully saturated rings. The van der Waals surface area contributed by atoms with E-state index in [2.05, 4.69) is 4.98 Å². The van der Waals surface area contributed by atoms with Crippen LogP contribution in [0.5, 0.6) is 0 Å².